The van der Waals surface area contributed by atoms with Gasteiger partial charge in [0.2, 0.25) is 0 Å². The highest BCUT2D eigenvalue weighted by Gasteiger charge is 2.32. The lowest BCUT2D eigenvalue weighted by atomic mass is 9.83. The Kier molecular flexibility index (Phi) is 46.5. The highest BCUT2D eigenvalue weighted by Crippen LogP contribution is 2.32. The van der Waals surface area contributed by atoms with Gasteiger partial charge in [0.25, 0.3) is 0 Å². The lowest BCUT2D eigenvalue weighted by Crippen LogP contribution is -2.50. The van der Waals surface area contributed by atoms with Crippen LogP contribution >= 0.6 is 0 Å². The summed E-state index contributed by atoms with van der Waals surface area (Å²) in [4.78, 5) is 47.4. The van der Waals surface area contributed by atoms with Gasteiger partial charge in [-0.2, -0.15) is 0 Å². The van der Waals surface area contributed by atoms with E-state index in [4.69, 9.17) is 9.47 Å². The summed E-state index contributed by atoms with van der Waals surface area (Å²) in [5.41, 5.74) is 0. The average molecular weight is 1060 g/mol. The summed E-state index contributed by atoms with van der Waals surface area (Å²) in [6.07, 6.45) is 58.7. The van der Waals surface area contributed by atoms with Crippen LogP contribution < -0.4 is 0 Å². The van der Waals surface area contributed by atoms with E-state index < -0.39 is 0 Å². The Bertz CT molecular complexity index is 1250. The molecule has 0 spiro atoms. The number of carbonyl (C=O) groups excluding carboxylic acids is 3. The van der Waals surface area contributed by atoms with Crippen molar-refractivity contribution in [3.05, 3.63) is 0 Å². The third kappa shape index (κ3) is 39.2. The lowest BCUT2D eigenvalue weighted by molar-refractivity contribution is -0.147. The van der Waals surface area contributed by atoms with Crippen LogP contribution in [-0.2, 0) is 19.1 Å². The van der Waals surface area contributed by atoms with Gasteiger partial charge in [-0.1, -0.05) is 252 Å². The first-order chi connectivity index (χ1) is 36.8. The summed E-state index contributed by atoms with van der Waals surface area (Å²) >= 11 is 0. The van der Waals surface area contributed by atoms with Crippen molar-refractivity contribution in [1.82, 2.24) is 14.7 Å². The van der Waals surface area contributed by atoms with Crippen molar-refractivity contribution >= 4 is 18.0 Å². The second kappa shape index (κ2) is 50.4. The van der Waals surface area contributed by atoms with Crippen molar-refractivity contribution < 1.29 is 23.9 Å². The summed E-state index contributed by atoms with van der Waals surface area (Å²) in [5.74, 6) is 1.33. The molecule has 442 valence electrons. The van der Waals surface area contributed by atoms with Crippen molar-refractivity contribution in [2.24, 2.45) is 17.8 Å². The van der Waals surface area contributed by atoms with Gasteiger partial charge < -0.3 is 24.2 Å². The third-order valence-corrected chi connectivity index (χ3v) is 17.6. The summed E-state index contributed by atoms with van der Waals surface area (Å²) in [5, 5.41) is 0. The molecule has 0 aromatic carbocycles. The fourth-order valence-electron chi connectivity index (χ4n) is 12.3. The zero-order valence-corrected chi connectivity index (χ0v) is 51.1. The monoisotopic (exact) mass is 1060 g/mol. The van der Waals surface area contributed by atoms with Gasteiger partial charge in [-0.05, 0) is 102 Å². The maximum atomic E-state index is 14.3. The molecule has 2 aliphatic rings. The molecule has 1 aliphatic heterocycles. The van der Waals surface area contributed by atoms with Gasteiger partial charge in [0.05, 0.1) is 13.2 Å². The molecule has 1 saturated carbocycles. The van der Waals surface area contributed by atoms with E-state index in [1.807, 2.05) is 0 Å². The number of likely N-dealkylation sites (N-methyl/N-ethyl adjacent to an activating group) is 1. The second-order valence-corrected chi connectivity index (χ2v) is 24.7. The van der Waals surface area contributed by atoms with Crippen LogP contribution in [-0.4, -0.2) is 91.7 Å². The molecule has 0 aromatic rings. The molecule has 2 fully saturated rings. The van der Waals surface area contributed by atoms with Crippen molar-refractivity contribution in [3.8, 4) is 0 Å². The van der Waals surface area contributed by atoms with E-state index in [0.29, 0.717) is 43.8 Å². The molecule has 0 atom stereocenters. The lowest BCUT2D eigenvalue weighted by Gasteiger charge is -2.39. The maximum absolute atomic E-state index is 14.3. The Balaban J connectivity index is 1.81. The summed E-state index contributed by atoms with van der Waals surface area (Å²) < 4.78 is 12.1. The van der Waals surface area contributed by atoms with Gasteiger partial charge in [0.15, 0.2) is 0 Å². The molecule has 1 aliphatic carbocycles. The zero-order valence-electron chi connectivity index (χ0n) is 51.1. The molecule has 8 nitrogen and oxygen atoms in total. The quantitative estimate of drug-likeness (QED) is 0.0446. The minimum absolute atomic E-state index is 0.000657. The van der Waals surface area contributed by atoms with E-state index in [1.54, 1.807) is 0 Å². The van der Waals surface area contributed by atoms with Crippen LogP contribution in [0.1, 0.15) is 336 Å². The Labute approximate surface area is 467 Å². The van der Waals surface area contributed by atoms with Gasteiger partial charge in [0, 0.05) is 45.1 Å². The van der Waals surface area contributed by atoms with Gasteiger partial charge in [-0.25, -0.2) is 4.79 Å². The fraction of sp³-hybridized carbons (Fsp3) is 0.955. The first kappa shape index (κ1) is 69.3. The summed E-state index contributed by atoms with van der Waals surface area (Å²) in [6, 6.07) is 0.455. The number of amides is 2. The predicted molar refractivity (Wildman–Crippen MR) is 322 cm³/mol. The molecule has 0 bridgehead atoms. The molecule has 0 aromatic heterocycles. The summed E-state index contributed by atoms with van der Waals surface area (Å²) in [6.45, 7) is 14.7. The Morgan fingerprint density at radius 3 is 1.23 bits per heavy atom. The number of rotatable bonds is 51. The first-order valence-electron chi connectivity index (χ1n) is 33.9. The standard InChI is InChI=1S/C67H129N3O5/c1-6-10-14-18-22-24-28-33-39-46-63(47-40-34-29-25-23-19-15-11-7-2)60-75-66(72)58-61-49-51-64(52-50-61)70(67(73)69-54-43-53-68(5)56-57-69)55-42-36-30-35-41-48-65(71)74-59-62(44-37-31-26-20-16-12-8-3)45-38-32-27-21-17-13-9-4/h61-64H,6-60H2,1-5H3. The highest BCUT2D eigenvalue weighted by molar-refractivity contribution is 5.75. The van der Waals surface area contributed by atoms with Crippen LogP contribution in [0.15, 0.2) is 0 Å². The Hall–Kier alpha value is -1.83. The molecule has 1 saturated heterocycles. The SMILES string of the molecule is CCCCCCCCCCCC(CCCCCCCCCCC)COC(=O)CC1CCC(N(CCCCCCCC(=O)OCC(CCCCCCCCC)CCCCCCCCC)C(=O)N2CCCN(C)CC2)CC1. The molecule has 0 N–H and O–H groups in total. The molecule has 8 heteroatoms. The molecule has 0 radical (unpaired) electrons. The number of nitrogens with zero attached hydrogens (tertiary/aromatic N) is 3. The smallest absolute Gasteiger partial charge is 0.320 e. The predicted octanol–water partition coefficient (Wildman–Crippen LogP) is 19.8. The summed E-state index contributed by atoms with van der Waals surface area (Å²) in [7, 11) is 2.17. The first-order valence-corrected chi connectivity index (χ1v) is 33.9. The van der Waals surface area contributed by atoms with Gasteiger partial charge >= 0.3 is 18.0 Å². The molecular weight excluding hydrogens is 927 g/mol. The number of ether oxygens (including phenoxy) is 2. The van der Waals surface area contributed by atoms with E-state index in [-0.39, 0.29) is 24.0 Å². The van der Waals surface area contributed by atoms with Crippen molar-refractivity contribution in [2.75, 3.05) is 53.0 Å². The molecular formula is C67H129N3O5. The Morgan fingerprint density at radius 1 is 0.427 bits per heavy atom. The van der Waals surface area contributed by atoms with E-state index in [9.17, 15) is 14.4 Å². The number of unbranched alkanes of at least 4 members (excludes halogenated alkanes) is 32. The minimum Gasteiger partial charge on any atom is -0.465 e. The van der Waals surface area contributed by atoms with E-state index >= 15 is 0 Å². The number of urea groups is 1. The minimum atomic E-state index is -0.0132. The van der Waals surface area contributed by atoms with Crippen LogP contribution in [0, 0.1) is 17.8 Å². The average Bonchev–Trinajstić information content (AvgIpc) is 3.64. The number of hydrogen-bond donors (Lipinski definition) is 0. The number of hydrogen-bond acceptors (Lipinski definition) is 6. The largest absolute Gasteiger partial charge is 0.465 e. The van der Waals surface area contributed by atoms with E-state index in [1.165, 1.54) is 231 Å². The van der Waals surface area contributed by atoms with Crippen LogP contribution in [0.3, 0.4) is 0 Å². The molecule has 75 heavy (non-hydrogen) atoms. The zero-order chi connectivity index (χ0) is 54.1. The van der Waals surface area contributed by atoms with Crippen LogP contribution in [0.4, 0.5) is 4.79 Å². The maximum Gasteiger partial charge on any atom is 0.320 e. The van der Waals surface area contributed by atoms with Gasteiger partial charge in [-0.3, -0.25) is 9.59 Å². The normalized spacial score (nSPS) is 16.5. The van der Waals surface area contributed by atoms with Gasteiger partial charge in [0.1, 0.15) is 0 Å². The topological polar surface area (TPSA) is 79.4 Å². The van der Waals surface area contributed by atoms with E-state index in [2.05, 4.69) is 49.4 Å². The Morgan fingerprint density at radius 2 is 0.800 bits per heavy atom. The molecule has 2 amide bonds. The fourth-order valence-corrected chi connectivity index (χ4v) is 12.3. The van der Waals surface area contributed by atoms with Crippen molar-refractivity contribution in [1.29, 1.82) is 0 Å². The van der Waals surface area contributed by atoms with Crippen molar-refractivity contribution in [2.45, 2.75) is 342 Å². The third-order valence-electron chi connectivity index (χ3n) is 17.6. The van der Waals surface area contributed by atoms with E-state index in [0.717, 1.165) is 96.9 Å². The van der Waals surface area contributed by atoms with Crippen LogP contribution in [0.25, 0.3) is 0 Å². The highest BCUT2D eigenvalue weighted by atomic mass is 16.5. The molecule has 1 heterocycles. The molecule has 0 unspecified atom stereocenters. The van der Waals surface area contributed by atoms with Crippen molar-refractivity contribution in [3.63, 3.8) is 0 Å². The van der Waals surface area contributed by atoms with Crippen LogP contribution in [0.5, 0.6) is 0 Å². The second-order valence-electron chi connectivity index (χ2n) is 24.7. The van der Waals surface area contributed by atoms with Gasteiger partial charge in [-0.15, -0.1) is 0 Å². The van der Waals surface area contributed by atoms with Crippen LogP contribution in [0.2, 0.25) is 0 Å². The molecule has 2 rings (SSSR count). The number of esters is 2. The number of carbonyl (C=O) groups is 3.